The quantitative estimate of drug-likeness (QED) is 0.806. The SMILES string of the molecule is Cc1cc(CNS(=O)(=O)c2ccc(CCCO)cc2)on1. The topological polar surface area (TPSA) is 92.4 Å². The third-order valence-electron chi connectivity index (χ3n) is 2.97. The highest BCUT2D eigenvalue weighted by Gasteiger charge is 2.14. The highest BCUT2D eigenvalue weighted by atomic mass is 32.2. The van der Waals surface area contributed by atoms with Crippen LogP contribution >= 0.6 is 0 Å². The molecule has 0 spiro atoms. The lowest BCUT2D eigenvalue weighted by molar-refractivity contribution is 0.288. The van der Waals surface area contributed by atoms with Crippen LogP contribution in [0.3, 0.4) is 0 Å². The molecule has 0 unspecified atom stereocenters. The fraction of sp³-hybridized carbons (Fsp3) is 0.357. The summed E-state index contributed by atoms with van der Waals surface area (Å²) >= 11 is 0. The lowest BCUT2D eigenvalue weighted by Crippen LogP contribution is -2.23. The number of aromatic nitrogens is 1. The molecule has 0 aliphatic heterocycles. The van der Waals surface area contributed by atoms with Gasteiger partial charge in [-0.05, 0) is 37.5 Å². The molecule has 0 fully saturated rings. The smallest absolute Gasteiger partial charge is 0.240 e. The molecule has 1 aromatic heterocycles. The second-order valence-electron chi connectivity index (χ2n) is 4.73. The van der Waals surface area contributed by atoms with Gasteiger partial charge in [0, 0.05) is 12.7 Å². The van der Waals surface area contributed by atoms with E-state index in [9.17, 15) is 8.42 Å². The molecule has 0 amide bonds. The molecule has 1 aromatic carbocycles. The number of hydrogen-bond acceptors (Lipinski definition) is 5. The number of nitrogens with one attached hydrogen (secondary N) is 1. The summed E-state index contributed by atoms with van der Waals surface area (Å²) in [6.07, 6.45) is 1.39. The van der Waals surface area contributed by atoms with Crippen LogP contribution in [0.1, 0.15) is 23.4 Å². The maximum absolute atomic E-state index is 12.1. The van der Waals surface area contributed by atoms with Gasteiger partial charge in [-0.2, -0.15) is 0 Å². The van der Waals surface area contributed by atoms with Crippen molar-refractivity contribution in [3.63, 3.8) is 0 Å². The predicted octanol–water partition coefficient (Wildman–Crippen LogP) is 1.39. The highest BCUT2D eigenvalue weighted by Crippen LogP contribution is 2.12. The van der Waals surface area contributed by atoms with Gasteiger partial charge < -0.3 is 9.63 Å². The summed E-state index contributed by atoms with van der Waals surface area (Å²) in [7, 11) is -3.57. The van der Waals surface area contributed by atoms with Crippen molar-refractivity contribution in [1.82, 2.24) is 9.88 Å². The zero-order valence-corrected chi connectivity index (χ0v) is 12.6. The van der Waals surface area contributed by atoms with Crippen molar-refractivity contribution in [2.45, 2.75) is 31.2 Å². The number of rotatable bonds is 7. The molecular weight excluding hydrogens is 292 g/mol. The van der Waals surface area contributed by atoms with Gasteiger partial charge in [-0.25, -0.2) is 13.1 Å². The molecule has 21 heavy (non-hydrogen) atoms. The lowest BCUT2D eigenvalue weighted by atomic mass is 10.1. The van der Waals surface area contributed by atoms with Gasteiger partial charge in [0.05, 0.1) is 17.1 Å². The van der Waals surface area contributed by atoms with Gasteiger partial charge in [0.1, 0.15) is 0 Å². The van der Waals surface area contributed by atoms with E-state index in [-0.39, 0.29) is 18.0 Å². The summed E-state index contributed by atoms with van der Waals surface area (Å²) in [5.74, 6) is 0.468. The van der Waals surface area contributed by atoms with Crippen molar-refractivity contribution in [2.24, 2.45) is 0 Å². The maximum atomic E-state index is 12.1. The lowest BCUT2D eigenvalue weighted by Gasteiger charge is -2.06. The molecule has 0 bridgehead atoms. The minimum absolute atomic E-state index is 0.0649. The van der Waals surface area contributed by atoms with E-state index in [0.29, 0.717) is 17.9 Å². The Morgan fingerprint density at radius 2 is 2.00 bits per heavy atom. The second kappa shape index (κ2) is 6.84. The van der Waals surface area contributed by atoms with Crippen molar-refractivity contribution < 1.29 is 18.0 Å². The first-order valence-corrected chi connectivity index (χ1v) is 8.11. The first kappa shape index (κ1) is 15.7. The van der Waals surface area contributed by atoms with Gasteiger partial charge in [-0.1, -0.05) is 17.3 Å². The molecule has 0 aliphatic rings. The zero-order valence-electron chi connectivity index (χ0n) is 11.7. The summed E-state index contributed by atoms with van der Waals surface area (Å²) in [6.45, 7) is 1.96. The molecule has 7 heteroatoms. The Morgan fingerprint density at radius 3 is 2.57 bits per heavy atom. The average Bonchev–Trinajstić information content (AvgIpc) is 2.89. The van der Waals surface area contributed by atoms with Crippen molar-refractivity contribution in [2.75, 3.05) is 6.61 Å². The Hall–Kier alpha value is -1.70. The monoisotopic (exact) mass is 310 g/mol. The molecular formula is C14H18N2O4S. The fourth-order valence-corrected chi connectivity index (χ4v) is 2.86. The third-order valence-corrected chi connectivity index (χ3v) is 4.39. The molecule has 0 saturated heterocycles. The van der Waals surface area contributed by atoms with E-state index in [2.05, 4.69) is 9.88 Å². The summed E-state index contributed by atoms with van der Waals surface area (Å²) in [5, 5.41) is 12.5. The minimum Gasteiger partial charge on any atom is -0.396 e. The fourth-order valence-electron chi connectivity index (χ4n) is 1.87. The highest BCUT2D eigenvalue weighted by molar-refractivity contribution is 7.89. The van der Waals surface area contributed by atoms with E-state index < -0.39 is 10.0 Å². The number of aliphatic hydroxyl groups excluding tert-OH is 1. The van der Waals surface area contributed by atoms with Crippen LogP contribution in [-0.4, -0.2) is 25.3 Å². The standard InChI is InChI=1S/C14H18N2O4S/c1-11-9-13(20-16-11)10-15-21(18,19)14-6-4-12(5-7-14)3-2-8-17/h4-7,9,15,17H,2-3,8,10H2,1H3. The van der Waals surface area contributed by atoms with E-state index in [1.165, 1.54) is 0 Å². The van der Waals surface area contributed by atoms with Crippen LogP contribution in [0.4, 0.5) is 0 Å². The van der Waals surface area contributed by atoms with Crippen LogP contribution in [0.2, 0.25) is 0 Å². The van der Waals surface area contributed by atoms with E-state index in [1.807, 2.05) is 0 Å². The van der Waals surface area contributed by atoms with Gasteiger partial charge in [0.25, 0.3) is 0 Å². The molecule has 0 saturated carbocycles. The van der Waals surface area contributed by atoms with E-state index in [0.717, 1.165) is 12.0 Å². The number of benzene rings is 1. The second-order valence-corrected chi connectivity index (χ2v) is 6.50. The molecule has 2 aromatic rings. The Balaban J connectivity index is 2.01. The normalized spacial score (nSPS) is 11.7. The van der Waals surface area contributed by atoms with Gasteiger partial charge >= 0.3 is 0 Å². The number of aliphatic hydroxyl groups is 1. The number of aryl methyl sites for hydroxylation is 2. The molecule has 2 rings (SSSR count). The summed E-state index contributed by atoms with van der Waals surface area (Å²) in [4.78, 5) is 0.200. The van der Waals surface area contributed by atoms with Gasteiger partial charge in [0.2, 0.25) is 10.0 Å². The van der Waals surface area contributed by atoms with Crippen LogP contribution in [0.15, 0.2) is 39.8 Å². The molecule has 0 radical (unpaired) electrons. The van der Waals surface area contributed by atoms with E-state index in [1.54, 1.807) is 37.3 Å². The van der Waals surface area contributed by atoms with Gasteiger partial charge in [-0.3, -0.25) is 0 Å². The predicted molar refractivity (Wildman–Crippen MR) is 77.1 cm³/mol. The van der Waals surface area contributed by atoms with Crippen LogP contribution in [0.5, 0.6) is 0 Å². The average molecular weight is 310 g/mol. The minimum atomic E-state index is -3.57. The molecule has 114 valence electrons. The first-order chi connectivity index (χ1) is 10.0. The Labute approximate surface area is 123 Å². The van der Waals surface area contributed by atoms with Crippen molar-refractivity contribution in [1.29, 1.82) is 0 Å². The number of sulfonamides is 1. The van der Waals surface area contributed by atoms with Crippen LogP contribution < -0.4 is 4.72 Å². The van der Waals surface area contributed by atoms with E-state index >= 15 is 0 Å². The Kier molecular flexibility index (Phi) is 5.11. The summed E-state index contributed by atoms with van der Waals surface area (Å²) in [6, 6.07) is 8.30. The van der Waals surface area contributed by atoms with Crippen molar-refractivity contribution in [3.05, 3.63) is 47.3 Å². The molecule has 6 nitrogen and oxygen atoms in total. The third kappa shape index (κ3) is 4.38. The number of hydrogen-bond donors (Lipinski definition) is 2. The zero-order chi connectivity index (χ0) is 15.3. The van der Waals surface area contributed by atoms with E-state index in [4.69, 9.17) is 9.63 Å². The van der Waals surface area contributed by atoms with Gasteiger partial charge in [0.15, 0.2) is 5.76 Å². The Morgan fingerprint density at radius 1 is 1.29 bits per heavy atom. The van der Waals surface area contributed by atoms with Crippen LogP contribution in [0, 0.1) is 6.92 Å². The van der Waals surface area contributed by atoms with Crippen LogP contribution in [-0.2, 0) is 23.0 Å². The summed E-state index contributed by atoms with van der Waals surface area (Å²) < 4.78 is 31.7. The Bertz CT molecular complexity index is 677. The molecule has 1 heterocycles. The summed E-state index contributed by atoms with van der Waals surface area (Å²) in [5.41, 5.74) is 1.70. The van der Waals surface area contributed by atoms with Crippen molar-refractivity contribution >= 4 is 10.0 Å². The van der Waals surface area contributed by atoms with Crippen LogP contribution in [0.25, 0.3) is 0 Å². The largest absolute Gasteiger partial charge is 0.396 e. The first-order valence-electron chi connectivity index (χ1n) is 6.63. The molecule has 0 aliphatic carbocycles. The molecule has 0 atom stereocenters. The molecule has 2 N–H and O–H groups in total. The van der Waals surface area contributed by atoms with Crippen molar-refractivity contribution in [3.8, 4) is 0 Å². The number of nitrogens with zero attached hydrogens (tertiary/aromatic N) is 1. The van der Waals surface area contributed by atoms with Gasteiger partial charge in [-0.15, -0.1) is 0 Å². The maximum Gasteiger partial charge on any atom is 0.240 e.